The lowest BCUT2D eigenvalue weighted by atomic mass is 9.86. The molecule has 0 saturated heterocycles. The fourth-order valence-electron chi connectivity index (χ4n) is 9.94. The van der Waals surface area contributed by atoms with Gasteiger partial charge < -0.3 is 19.3 Å². The van der Waals surface area contributed by atoms with Crippen LogP contribution in [0.15, 0.2) is 133 Å². The predicted octanol–water partition coefficient (Wildman–Crippen LogP) is 20.7. The average molecular weight is 1190 g/mol. The zero-order chi connectivity index (χ0) is 62.9. The van der Waals surface area contributed by atoms with Crippen LogP contribution in [0.2, 0.25) is 0 Å². The number of ether oxygens (including phenoxy) is 3. The maximum Gasteiger partial charge on any atom is 0.308 e. The van der Waals surface area contributed by atoms with Gasteiger partial charge >= 0.3 is 5.97 Å². The molecule has 88 heavy (non-hydrogen) atoms. The van der Waals surface area contributed by atoms with Crippen LogP contribution in [0.3, 0.4) is 0 Å². The van der Waals surface area contributed by atoms with Crippen LogP contribution in [0, 0.1) is 0 Å². The molecule has 468 valence electrons. The Kier molecular flexibility index (Phi) is 24.7. The van der Waals surface area contributed by atoms with Gasteiger partial charge in [-0.05, 0) is 81.0 Å². The van der Waals surface area contributed by atoms with Crippen LogP contribution in [0.4, 0.5) is 0 Å². The lowest BCUT2D eigenvalue weighted by molar-refractivity contribution is -0.131. The van der Waals surface area contributed by atoms with Gasteiger partial charge in [0, 0.05) is 41.3 Å². The molecule has 11 heteroatoms. The zero-order valence-corrected chi connectivity index (χ0v) is 54.9. The number of unbranched alkanes of at least 4 members (excludes halogenated alkanes) is 10. The molecule has 2 aromatic heterocycles. The second-order valence-electron chi connectivity index (χ2n) is 27.1. The number of carbonyl (C=O) groups excluding carboxylic acids is 1. The molecule has 8 rings (SSSR count). The van der Waals surface area contributed by atoms with Gasteiger partial charge in [0.15, 0.2) is 34.9 Å². The predicted molar refractivity (Wildman–Crippen MR) is 365 cm³/mol. The number of benzene rings is 6. The quantitative estimate of drug-likeness (QED) is 0.0371. The molecule has 11 nitrogen and oxygen atoms in total. The fourth-order valence-corrected chi connectivity index (χ4v) is 9.94. The van der Waals surface area contributed by atoms with E-state index >= 15 is 0 Å². The Labute approximate surface area is 527 Å². The molecule has 0 aliphatic rings. The second-order valence-corrected chi connectivity index (χ2v) is 27.1. The maximum atomic E-state index is 12.2. The Morgan fingerprint density at radius 2 is 0.659 bits per heavy atom. The topological polar surface area (TPSA) is 142 Å². The first-order valence-corrected chi connectivity index (χ1v) is 31.7. The van der Waals surface area contributed by atoms with Gasteiger partial charge in [-0.25, -0.2) is 29.9 Å². The molecule has 8 aromatic rings. The van der Waals surface area contributed by atoms with E-state index in [0.717, 1.165) is 47.9 Å². The lowest BCUT2D eigenvalue weighted by Crippen LogP contribution is -2.11. The number of aromatic nitrogens is 6. The highest BCUT2D eigenvalue weighted by Crippen LogP contribution is 2.37. The normalized spacial score (nSPS) is 11.8. The van der Waals surface area contributed by atoms with Crippen molar-refractivity contribution in [2.45, 2.75) is 210 Å². The van der Waals surface area contributed by atoms with Crippen molar-refractivity contribution in [2.24, 2.45) is 0 Å². The van der Waals surface area contributed by atoms with E-state index in [1.807, 2.05) is 24.3 Å². The van der Waals surface area contributed by atoms with Crippen molar-refractivity contribution in [2.75, 3.05) is 13.2 Å². The number of hydrogen-bond acceptors (Lipinski definition) is 11. The lowest BCUT2D eigenvalue weighted by Gasteiger charge is -2.19. The summed E-state index contributed by atoms with van der Waals surface area (Å²) in [6, 6.07) is 44.3. The van der Waals surface area contributed by atoms with Crippen molar-refractivity contribution < 1.29 is 24.1 Å². The summed E-state index contributed by atoms with van der Waals surface area (Å²) >= 11 is 0. The molecule has 0 amide bonds. The number of hydrogen-bond donors (Lipinski definition) is 1. The Morgan fingerprint density at radius 3 is 0.966 bits per heavy atom. The third-order valence-electron chi connectivity index (χ3n) is 15.5. The molecule has 1 N–H and O–H groups in total. The summed E-state index contributed by atoms with van der Waals surface area (Å²) in [5.74, 6) is 4.40. The van der Waals surface area contributed by atoms with Gasteiger partial charge in [-0.1, -0.05) is 266 Å². The van der Waals surface area contributed by atoms with E-state index in [1.54, 1.807) is 12.1 Å². The molecule has 0 saturated carbocycles. The van der Waals surface area contributed by atoms with E-state index < -0.39 is 5.97 Å². The minimum absolute atomic E-state index is 0. The van der Waals surface area contributed by atoms with E-state index in [2.05, 4.69) is 194 Å². The molecule has 0 spiro atoms. The summed E-state index contributed by atoms with van der Waals surface area (Å²) in [6.45, 7) is 33.5. The SMILES string of the molecule is C.CCCCCCCCOc1ccc(-c2nc(-c3ccc(C(C)(C)C)cc3)nc(-c3ccc(C(C)(C)C)cc3)n2)c(O)c1.CCCCCCCCOc1ccc(-c2nc(-c3ccc(C(C)(C)C)cc3)nc(-c3ccc(C(C)(C)C)cc3)n2)c(OC(C)=O)c1. The van der Waals surface area contributed by atoms with E-state index in [0.29, 0.717) is 76.5 Å². The van der Waals surface area contributed by atoms with Crippen LogP contribution in [0.25, 0.3) is 68.3 Å². The smallest absolute Gasteiger partial charge is 0.308 e. The van der Waals surface area contributed by atoms with Gasteiger partial charge in [0.2, 0.25) is 0 Å². The molecule has 0 unspecified atom stereocenters. The monoisotopic (exact) mass is 1190 g/mol. The van der Waals surface area contributed by atoms with E-state index in [4.69, 9.17) is 44.1 Å². The first-order chi connectivity index (χ1) is 41.3. The molecule has 0 fully saturated rings. The molecule has 0 radical (unpaired) electrons. The van der Waals surface area contributed by atoms with Crippen LogP contribution < -0.4 is 14.2 Å². The number of rotatable bonds is 23. The molecule has 2 heterocycles. The second kappa shape index (κ2) is 31.4. The summed E-state index contributed by atoms with van der Waals surface area (Å²) in [6.07, 6.45) is 14.3. The van der Waals surface area contributed by atoms with Crippen LogP contribution in [0.5, 0.6) is 23.0 Å². The highest BCUT2D eigenvalue weighted by Gasteiger charge is 2.22. The molecule has 0 atom stereocenters. The van der Waals surface area contributed by atoms with Crippen LogP contribution in [-0.2, 0) is 26.5 Å². The summed E-state index contributed by atoms with van der Waals surface area (Å²) in [5.41, 5.74) is 9.81. The average Bonchev–Trinajstić information content (AvgIpc) is 2.09. The number of esters is 1. The van der Waals surface area contributed by atoms with Crippen molar-refractivity contribution in [3.05, 3.63) is 156 Å². The Morgan fingerprint density at radius 1 is 0.375 bits per heavy atom. The minimum atomic E-state index is -0.422. The first-order valence-electron chi connectivity index (χ1n) is 31.7. The van der Waals surface area contributed by atoms with E-state index in [-0.39, 0.29) is 34.8 Å². The maximum absolute atomic E-state index is 12.2. The van der Waals surface area contributed by atoms with E-state index in [1.165, 1.54) is 80.5 Å². The van der Waals surface area contributed by atoms with Crippen molar-refractivity contribution in [3.8, 4) is 91.3 Å². The van der Waals surface area contributed by atoms with Crippen molar-refractivity contribution in [3.63, 3.8) is 0 Å². The van der Waals surface area contributed by atoms with Gasteiger partial charge in [0.05, 0.1) is 24.3 Å². The highest BCUT2D eigenvalue weighted by atomic mass is 16.5. The van der Waals surface area contributed by atoms with Gasteiger partial charge in [0.1, 0.15) is 23.0 Å². The molecule has 0 bridgehead atoms. The Balaban J connectivity index is 0.000000278. The van der Waals surface area contributed by atoms with Crippen LogP contribution >= 0.6 is 0 Å². The molecule has 0 aliphatic heterocycles. The van der Waals surface area contributed by atoms with Gasteiger partial charge in [-0.2, -0.15) is 0 Å². The van der Waals surface area contributed by atoms with Crippen molar-refractivity contribution >= 4 is 5.97 Å². The summed E-state index contributed by atoms with van der Waals surface area (Å²) in [5, 5.41) is 11.0. The van der Waals surface area contributed by atoms with Crippen molar-refractivity contribution in [1.29, 1.82) is 0 Å². The first kappa shape index (κ1) is 69.3. The van der Waals surface area contributed by atoms with Gasteiger partial charge in [0.25, 0.3) is 0 Å². The molecule has 6 aromatic carbocycles. The van der Waals surface area contributed by atoms with Gasteiger partial charge in [-0.3, -0.25) is 4.79 Å². The summed E-state index contributed by atoms with van der Waals surface area (Å²) in [7, 11) is 0. The Hall–Kier alpha value is -7.79. The fraction of sp³-hybridized carbons (Fsp3) is 0.442. The van der Waals surface area contributed by atoms with Crippen LogP contribution in [-0.4, -0.2) is 54.2 Å². The number of aromatic hydroxyl groups is 1. The van der Waals surface area contributed by atoms with Crippen LogP contribution in [0.1, 0.15) is 211 Å². The minimum Gasteiger partial charge on any atom is -0.507 e. The largest absolute Gasteiger partial charge is 0.507 e. The summed E-state index contributed by atoms with van der Waals surface area (Å²) in [4.78, 5) is 41.4. The highest BCUT2D eigenvalue weighted by molar-refractivity contribution is 5.77. The summed E-state index contributed by atoms with van der Waals surface area (Å²) < 4.78 is 17.7. The number of phenols is 1. The van der Waals surface area contributed by atoms with E-state index in [9.17, 15) is 9.90 Å². The third kappa shape index (κ3) is 20.1. The Bertz CT molecular complexity index is 3320. The third-order valence-corrected chi connectivity index (χ3v) is 15.5. The molecular weight excluding hydrogens is 1090 g/mol. The number of nitrogens with zero attached hydrogens (tertiary/aromatic N) is 6. The zero-order valence-electron chi connectivity index (χ0n) is 54.9. The molecular formula is C77H100N6O5. The molecule has 0 aliphatic carbocycles. The van der Waals surface area contributed by atoms with Crippen molar-refractivity contribution in [1.82, 2.24) is 29.9 Å². The van der Waals surface area contributed by atoms with Gasteiger partial charge in [-0.15, -0.1) is 0 Å². The standard InChI is InChI=1S/C39H49N3O3.C37H47N3O2.CH4/c1-9-10-11-12-13-14-25-44-32-23-24-33(34(26-32)45-27(2)43)37-41-35(28-15-19-30(20-16-28)38(3,4)5)40-36(42-37)29-17-21-31(22-18-29)39(6,7)8;1-8-9-10-11-12-13-24-42-30-22-23-31(32(41)25-30)35-39-33(26-14-18-28(19-15-26)36(2,3)4)38-34(40-35)27-16-20-29(21-17-27)37(5,6)7;/h15-24,26H,9-14,25H2,1-8H3;14-23,25,41H,8-13,24H2,1-7H3;1H4. The number of carbonyl (C=O) groups is 1. The number of phenolic OH excluding ortho intramolecular Hbond substituents is 1.